The number of ether oxygens (including phenoxy) is 2. The molecule has 0 aliphatic heterocycles. The summed E-state index contributed by atoms with van der Waals surface area (Å²) in [5.41, 5.74) is 3.28. The molecule has 3 rings (SSSR count). The molecule has 5 nitrogen and oxygen atoms in total. The van der Waals surface area contributed by atoms with Crippen molar-refractivity contribution in [1.29, 1.82) is 0 Å². The normalized spacial score (nSPS) is 11.6. The fourth-order valence-electron chi connectivity index (χ4n) is 2.85. The van der Waals surface area contributed by atoms with E-state index in [1.807, 2.05) is 37.3 Å². The third-order valence-corrected chi connectivity index (χ3v) is 5.46. The largest absolute Gasteiger partial charge is 0.487 e. The number of halogens is 2. The van der Waals surface area contributed by atoms with E-state index < -0.39 is 5.97 Å². The summed E-state index contributed by atoms with van der Waals surface area (Å²) >= 11 is 12.6. The van der Waals surface area contributed by atoms with Crippen molar-refractivity contribution in [3.05, 3.63) is 87.0 Å². The second kappa shape index (κ2) is 9.86. The second-order valence-corrected chi connectivity index (χ2v) is 7.79. The summed E-state index contributed by atoms with van der Waals surface area (Å²) in [7, 11) is 0. The third kappa shape index (κ3) is 5.57. The van der Waals surface area contributed by atoms with Crippen molar-refractivity contribution in [2.75, 3.05) is 0 Å². The van der Waals surface area contributed by atoms with E-state index in [0.717, 1.165) is 16.7 Å². The fourth-order valence-corrected chi connectivity index (χ4v) is 3.34. The Hall–Kier alpha value is -3.02. The van der Waals surface area contributed by atoms with E-state index in [-0.39, 0.29) is 5.57 Å². The van der Waals surface area contributed by atoms with Crippen molar-refractivity contribution >= 4 is 34.7 Å². The Morgan fingerprint density at radius 3 is 2.42 bits per heavy atom. The van der Waals surface area contributed by atoms with E-state index in [9.17, 15) is 9.90 Å². The van der Waals surface area contributed by atoms with Crippen molar-refractivity contribution in [1.82, 2.24) is 4.98 Å². The van der Waals surface area contributed by atoms with Crippen molar-refractivity contribution < 1.29 is 19.4 Å². The van der Waals surface area contributed by atoms with Crippen LogP contribution in [0, 0.1) is 6.92 Å². The van der Waals surface area contributed by atoms with Crippen LogP contribution in [0.1, 0.15) is 30.5 Å². The van der Waals surface area contributed by atoms with Crippen LogP contribution >= 0.6 is 23.2 Å². The molecule has 0 spiro atoms. The zero-order valence-electron chi connectivity index (χ0n) is 17.3. The molecule has 3 aromatic rings. The molecule has 0 unspecified atom stereocenters. The van der Waals surface area contributed by atoms with Gasteiger partial charge in [0.25, 0.3) is 0 Å². The second-order valence-electron chi connectivity index (χ2n) is 6.97. The first-order chi connectivity index (χ1) is 14.8. The van der Waals surface area contributed by atoms with Crippen LogP contribution in [0.2, 0.25) is 10.0 Å². The average Bonchev–Trinajstić information content (AvgIpc) is 2.75. The maximum Gasteiger partial charge on any atom is 0.331 e. The van der Waals surface area contributed by atoms with Crippen LogP contribution in [0.4, 0.5) is 0 Å². The molecule has 2 aromatic carbocycles. The lowest BCUT2D eigenvalue weighted by molar-refractivity contribution is -0.132. The number of hydrogen-bond donors (Lipinski definition) is 1. The highest BCUT2D eigenvalue weighted by Gasteiger charge is 2.14. The number of allylic oxidation sites excluding steroid dienone is 1. The van der Waals surface area contributed by atoms with E-state index in [1.165, 1.54) is 0 Å². The maximum absolute atomic E-state index is 11.2. The minimum absolute atomic E-state index is 0.262. The standard InChI is InChI=1S/C24H21Cl2NO4/c1-14-10-18(15(2)16(3)24(28)29)11-21(26)23(14)31-22-9-8-19(12-27-22)30-13-17-6-4-5-7-20(17)25/h4-12H,13H2,1-3H3,(H,28,29)/b16-15+. The zero-order valence-corrected chi connectivity index (χ0v) is 18.8. The predicted octanol–water partition coefficient (Wildman–Crippen LogP) is 6.95. The first-order valence-electron chi connectivity index (χ1n) is 9.47. The van der Waals surface area contributed by atoms with Gasteiger partial charge in [-0.1, -0.05) is 41.4 Å². The van der Waals surface area contributed by atoms with Crippen molar-refractivity contribution in [3.8, 4) is 17.4 Å². The molecule has 0 saturated carbocycles. The topological polar surface area (TPSA) is 68.7 Å². The summed E-state index contributed by atoms with van der Waals surface area (Å²) in [6.45, 7) is 5.48. The Morgan fingerprint density at radius 2 is 1.81 bits per heavy atom. The molecule has 0 radical (unpaired) electrons. The van der Waals surface area contributed by atoms with E-state index in [2.05, 4.69) is 4.98 Å². The van der Waals surface area contributed by atoms with Gasteiger partial charge in [0, 0.05) is 22.2 Å². The van der Waals surface area contributed by atoms with Crippen LogP contribution in [0.3, 0.4) is 0 Å². The van der Waals surface area contributed by atoms with Crippen LogP contribution in [-0.4, -0.2) is 16.1 Å². The Morgan fingerprint density at radius 1 is 1.06 bits per heavy atom. The van der Waals surface area contributed by atoms with Gasteiger partial charge in [0.05, 0.1) is 11.2 Å². The van der Waals surface area contributed by atoms with Gasteiger partial charge in [0.15, 0.2) is 5.75 Å². The number of hydrogen-bond acceptors (Lipinski definition) is 4. The van der Waals surface area contributed by atoms with Gasteiger partial charge in [-0.15, -0.1) is 0 Å². The first-order valence-corrected chi connectivity index (χ1v) is 10.2. The molecule has 7 heteroatoms. The molecular weight excluding hydrogens is 437 g/mol. The van der Waals surface area contributed by atoms with Gasteiger partial charge in [-0.05, 0) is 61.7 Å². The lowest BCUT2D eigenvalue weighted by Gasteiger charge is -2.14. The van der Waals surface area contributed by atoms with Crippen LogP contribution in [0.25, 0.3) is 5.57 Å². The number of rotatable bonds is 7. The number of carboxylic acid groups (broad SMARTS) is 1. The Bertz CT molecular complexity index is 1120. The molecule has 0 atom stereocenters. The van der Waals surface area contributed by atoms with Gasteiger partial charge in [-0.2, -0.15) is 0 Å². The van der Waals surface area contributed by atoms with E-state index in [0.29, 0.717) is 39.6 Å². The van der Waals surface area contributed by atoms with Crippen molar-refractivity contribution in [3.63, 3.8) is 0 Å². The van der Waals surface area contributed by atoms with Crippen molar-refractivity contribution in [2.24, 2.45) is 0 Å². The monoisotopic (exact) mass is 457 g/mol. The quantitative estimate of drug-likeness (QED) is 0.388. The fraction of sp³-hybridized carbons (Fsp3) is 0.167. The highest BCUT2D eigenvalue weighted by molar-refractivity contribution is 6.32. The third-order valence-electron chi connectivity index (χ3n) is 4.81. The van der Waals surface area contributed by atoms with Gasteiger partial charge < -0.3 is 14.6 Å². The van der Waals surface area contributed by atoms with Gasteiger partial charge in [0.1, 0.15) is 12.4 Å². The number of pyridine rings is 1. The average molecular weight is 458 g/mol. The molecule has 0 fully saturated rings. The first kappa shape index (κ1) is 22.7. The molecule has 1 N–H and O–H groups in total. The lowest BCUT2D eigenvalue weighted by atomic mass is 10.00. The zero-order chi connectivity index (χ0) is 22.5. The van der Waals surface area contributed by atoms with E-state index in [1.54, 1.807) is 38.2 Å². The van der Waals surface area contributed by atoms with Gasteiger partial charge in [0.2, 0.25) is 5.88 Å². The van der Waals surface area contributed by atoms with Gasteiger partial charge in [-0.3, -0.25) is 0 Å². The molecule has 1 aromatic heterocycles. The summed E-state index contributed by atoms with van der Waals surface area (Å²) in [5.74, 6) is 0.434. The molecule has 0 amide bonds. The summed E-state index contributed by atoms with van der Waals surface area (Å²) < 4.78 is 11.6. The van der Waals surface area contributed by atoms with Crippen LogP contribution in [0.15, 0.2) is 60.3 Å². The smallest absolute Gasteiger partial charge is 0.331 e. The Labute approximate surface area is 190 Å². The molecule has 0 aliphatic carbocycles. The van der Waals surface area contributed by atoms with Crippen LogP contribution in [-0.2, 0) is 11.4 Å². The molecule has 31 heavy (non-hydrogen) atoms. The molecule has 0 saturated heterocycles. The minimum atomic E-state index is -0.965. The molecule has 0 bridgehead atoms. The predicted molar refractivity (Wildman–Crippen MR) is 122 cm³/mol. The number of benzene rings is 2. The Balaban J connectivity index is 1.73. The SMILES string of the molecule is C/C(C(=O)O)=C(/C)c1cc(C)c(Oc2ccc(OCc3ccccc3Cl)cn2)c(Cl)c1. The lowest BCUT2D eigenvalue weighted by Crippen LogP contribution is -2.00. The summed E-state index contributed by atoms with van der Waals surface area (Å²) in [6, 6.07) is 14.4. The molecule has 160 valence electrons. The number of aromatic nitrogens is 1. The number of aryl methyl sites for hydroxylation is 1. The number of aliphatic carboxylic acids is 1. The molecule has 1 heterocycles. The van der Waals surface area contributed by atoms with Crippen molar-refractivity contribution in [2.45, 2.75) is 27.4 Å². The number of nitrogens with zero attached hydrogens (tertiary/aromatic N) is 1. The summed E-state index contributed by atoms with van der Waals surface area (Å²) in [4.78, 5) is 15.5. The Kier molecular flexibility index (Phi) is 7.21. The maximum atomic E-state index is 11.2. The van der Waals surface area contributed by atoms with Gasteiger partial charge >= 0.3 is 5.97 Å². The van der Waals surface area contributed by atoms with Crippen LogP contribution < -0.4 is 9.47 Å². The van der Waals surface area contributed by atoms with Crippen LogP contribution in [0.5, 0.6) is 17.4 Å². The highest BCUT2D eigenvalue weighted by Crippen LogP contribution is 2.36. The molecule has 0 aliphatic rings. The molecular formula is C24H21Cl2NO4. The highest BCUT2D eigenvalue weighted by atomic mass is 35.5. The van der Waals surface area contributed by atoms with E-state index in [4.69, 9.17) is 32.7 Å². The minimum Gasteiger partial charge on any atom is -0.487 e. The summed E-state index contributed by atoms with van der Waals surface area (Å²) in [5, 5.41) is 10.2. The van der Waals surface area contributed by atoms with E-state index >= 15 is 0 Å². The number of carboxylic acids is 1. The van der Waals surface area contributed by atoms with Gasteiger partial charge in [-0.25, -0.2) is 9.78 Å². The summed E-state index contributed by atoms with van der Waals surface area (Å²) in [6.07, 6.45) is 1.56. The number of carbonyl (C=O) groups is 1.